The largest absolute Gasteiger partial charge is 0.244 e. The first kappa shape index (κ1) is 17.4. The van der Waals surface area contributed by atoms with Crippen molar-refractivity contribution in [2.24, 2.45) is 5.92 Å². The SMILES string of the molecule is CCC1CCCN(S(=O)(=O)c2cc(Cl)cc(CCl)c2Cl)C1. The molecule has 0 aliphatic carbocycles. The van der Waals surface area contributed by atoms with Crippen LogP contribution in [0.5, 0.6) is 0 Å². The van der Waals surface area contributed by atoms with E-state index in [1.807, 2.05) is 0 Å². The third kappa shape index (κ3) is 3.67. The van der Waals surface area contributed by atoms with Crippen LogP contribution in [0.25, 0.3) is 0 Å². The monoisotopic (exact) mass is 369 g/mol. The molecule has 3 nitrogen and oxygen atoms in total. The topological polar surface area (TPSA) is 37.4 Å². The molecule has 1 saturated heterocycles. The molecule has 0 N–H and O–H groups in total. The van der Waals surface area contributed by atoms with Crippen molar-refractivity contribution in [3.8, 4) is 0 Å². The lowest BCUT2D eigenvalue weighted by atomic mass is 9.97. The van der Waals surface area contributed by atoms with Crippen LogP contribution in [0.15, 0.2) is 17.0 Å². The zero-order valence-corrected chi connectivity index (χ0v) is 14.9. The van der Waals surface area contributed by atoms with Crippen molar-refractivity contribution in [1.29, 1.82) is 0 Å². The van der Waals surface area contributed by atoms with E-state index in [1.54, 1.807) is 6.07 Å². The number of piperidine rings is 1. The molecular formula is C14H18Cl3NO2S. The van der Waals surface area contributed by atoms with Gasteiger partial charge in [-0.3, -0.25) is 0 Å². The van der Waals surface area contributed by atoms with E-state index in [0.717, 1.165) is 19.3 Å². The van der Waals surface area contributed by atoms with Gasteiger partial charge in [0.15, 0.2) is 0 Å². The van der Waals surface area contributed by atoms with Crippen molar-refractivity contribution in [3.63, 3.8) is 0 Å². The van der Waals surface area contributed by atoms with Crippen molar-refractivity contribution in [3.05, 3.63) is 27.7 Å². The summed E-state index contributed by atoms with van der Waals surface area (Å²) < 4.78 is 27.2. The highest BCUT2D eigenvalue weighted by Gasteiger charge is 2.32. The molecule has 118 valence electrons. The molecule has 1 aliphatic heterocycles. The number of alkyl halides is 1. The van der Waals surface area contributed by atoms with Gasteiger partial charge in [-0.25, -0.2) is 8.42 Å². The Bertz CT molecular complexity index is 619. The van der Waals surface area contributed by atoms with Crippen LogP contribution >= 0.6 is 34.8 Å². The molecule has 0 bridgehead atoms. The summed E-state index contributed by atoms with van der Waals surface area (Å²) in [6.07, 6.45) is 2.92. The number of hydrogen-bond acceptors (Lipinski definition) is 2. The minimum Gasteiger partial charge on any atom is -0.207 e. The summed E-state index contributed by atoms with van der Waals surface area (Å²) in [5, 5.41) is 0.505. The highest BCUT2D eigenvalue weighted by Crippen LogP contribution is 2.34. The number of halogens is 3. The molecule has 0 radical (unpaired) electrons. The highest BCUT2D eigenvalue weighted by atomic mass is 35.5. The van der Waals surface area contributed by atoms with E-state index in [4.69, 9.17) is 34.8 Å². The second kappa shape index (κ2) is 7.05. The number of benzene rings is 1. The van der Waals surface area contributed by atoms with Gasteiger partial charge in [-0.2, -0.15) is 4.31 Å². The number of sulfonamides is 1. The van der Waals surface area contributed by atoms with Crippen molar-refractivity contribution < 1.29 is 8.42 Å². The minimum absolute atomic E-state index is 0.0593. The maximum absolute atomic E-state index is 12.8. The van der Waals surface area contributed by atoms with Gasteiger partial charge in [0.05, 0.1) is 5.02 Å². The first-order chi connectivity index (χ1) is 9.90. The Labute approximate surface area is 141 Å². The summed E-state index contributed by atoms with van der Waals surface area (Å²) in [6.45, 7) is 3.15. The molecule has 1 aromatic rings. The summed E-state index contributed by atoms with van der Waals surface area (Å²) in [5.74, 6) is 0.526. The van der Waals surface area contributed by atoms with E-state index in [1.165, 1.54) is 10.4 Å². The second-order valence-electron chi connectivity index (χ2n) is 5.29. The Morgan fingerprint density at radius 1 is 1.33 bits per heavy atom. The van der Waals surface area contributed by atoms with Gasteiger partial charge in [-0.1, -0.05) is 36.5 Å². The molecule has 1 aromatic carbocycles. The van der Waals surface area contributed by atoms with E-state index in [9.17, 15) is 8.42 Å². The van der Waals surface area contributed by atoms with Gasteiger partial charge in [0, 0.05) is 24.0 Å². The third-order valence-electron chi connectivity index (χ3n) is 3.90. The maximum atomic E-state index is 12.8. The van der Waals surface area contributed by atoms with Crippen molar-refractivity contribution in [2.75, 3.05) is 13.1 Å². The van der Waals surface area contributed by atoms with Gasteiger partial charge < -0.3 is 0 Å². The molecule has 21 heavy (non-hydrogen) atoms. The van der Waals surface area contributed by atoms with Crippen LogP contribution in [0.2, 0.25) is 10.0 Å². The van der Waals surface area contributed by atoms with Crippen LogP contribution in [0.3, 0.4) is 0 Å². The van der Waals surface area contributed by atoms with Crippen molar-refractivity contribution in [1.82, 2.24) is 4.31 Å². The smallest absolute Gasteiger partial charge is 0.207 e. The van der Waals surface area contributed by atoms with Crippen LogP contribution in [-0.4, -0.2) is 25.8 Å². The number of rotatable bonds is 4. The first-order valence-corrected chi connectivity index (χ1v) is 9.67. The first-order valence-electron chi connectivity index (χ1n) is 6.94. The molecule has 1 atom stereocenters. The average molecular weight is 371 g/mol. The lowest BCUT2D eigenvalue weighted by Crippen LogP contribution is -2.39. The lowest BCUT2D eigenvalue weighted by molar-refractivity contribution is 0.261. The Hall–Kier alpha value is -0.000000000000000111. The van der Waals surface area contributed by atoms with Gasteiger partial charge >= 0.3 is 0 Å². The van der Waals surface area contributed by atoms with Crippen LogP contribution in [0.1, 0.15) is 31.7 Å². The normalized spacial score (nSPS) is 20.7. The highest BCUT2D eigenvalue weighted by molar-refractivity contribution is 7.89. The molecule has 2 rings (SSSR count). The summed E-state index contributed by atoms with van der Waals surface area (Å²) in [7, 11) is -3.63. The number of nitrogens with zero attached hydrogens (tertiary/aromatic N) is 1. The molecule has 0 amide bonds. The summed E-state index contributed by atoms with van der Waals surface area (Å²) in [4.78, 5) is 0.0593. The zero-order chi connectivity index (χ0) is 15.6. The molecule has 0 saturated carbocycles. The van der Waals surface area contributed by atoms with Gasteiger partial charge in [0.25, 0.3) is 0 Å². The fraction of sp³-hybridized carbons (Fsp3) is 0.571. The fourth-order valence-corrected chi connectivity index (χ4v) is 5.36. The Morgan fingerprint density at radius 2 is 2.05 bits per heavy atom. The second-order valence-corrected chi connectivity index (χ2v) is 8.28. The van der Waals surface area contributed by atoms with E-state index in [2.05, 4.69) is 6.92 Å². The van der Waals surface area contributed by atoms with E-state index < -0.39 is 10.0 Å². The van der Waals surface area contributed by atoms with Crippen LogP contribution in [0.4, 0.5) is 0 Å². The van der Waals surface area contributed by atoms with Gasteiger partial charge in [-0.15, -0.1) is 11.6 Å². The Morgan fingerprint density at radius 3 is 2.67 bits per heavy atom. The molecule has 7 heteroatoms. The van der Waals surface area contributed by atoms with Crippen LogP contribution in [-0.2, 0) is 15.9 Å². The zero-order valence-electron chi connectivity index (χ0n) is 11.8. The van der Waals surface area contributed by atoms with E-state index >= 15 is 0 Å². The Balaban J connectivity index is 2.42. The molecule has 0 spiro atoms. The predicted molar refractivity (Wildman–Crippen MR) is 87.8 cm³/mol. The summed E-state index contributed by atoms with van der Waals surface area (Å²) in [6, 6.07) is 3.01. The predicted octanol–water partition coefficient (Wildman–Crippen LogP) is 4.54. The van der Waals surface area contributed by atoms with E-state index in [0.29, 0.717) is 29.6 Å². The molecule has 1 fully saturated rings. The van der Waals surface area contributed by atoms with E-state index in [-0.39, 0.29) is 15.8 Å². The molecule has 1 heterocycles. The van der Waals surface area contributed by atoms with Crippen molar-refractivity contribution in [2.45, 2.75) is 37.0 Å². The number of hydrogen-bond donors (Lipinski definition) is 0. The van der Waals surface area contributed by atoms with Gasteiger partial charge in [0.2, 0.25) is 10.0 Å². The average Bonchev–Trinajstić information content (AvgIpc) is 2.49. The van der Waals surface area contributed by atoms with Gasteiger partial charge in [-0.05, 0) is 36.5 Å². The third-order valence-corrected chi connectivity index (χ3v) is 6.85. The quantitative estimate of drug-likeness (QED) is 0.729. The minimum atomic E-state index is -3.63. The van der Waals surface area contributed by atoms with Crippen LogP contribution < -0.4 is 0 Å². The lowest BCUT2D eigenvalue weighted by Gasteiger charge is -2.31. The summed E-state index contributed by atoms with van der Waals surface area (Å²) >= 11 is 18.0. The fourth-order valence-electron chi connectivity index (χ4n) is 2.62. The molecule has 0 aromatic heterocycles. The molecule has 1 unspecified atom stereocenters. The molecule has 1 aliphatic rings. The van der Waals surface area contributed by atoms with Gasteiger partial charge in [0.1, 0.15) is 4.90 Å². The Kier molecular flexibility index (Phi) is 5.83. The molecular weight excluding hydrogens is 353 g/mol. The van der Waals surface area contributed by atoms with Crippen LogP contribution in [0, 0.1) is 5.92 Å². The summed E-state index contributed by atoms with van der Waals surface area (Å²) in [5.41, 5.74) is 0.536. The standard InChI is InChI=1S/C14H18Cl3NO2S/c1-2-10-4-3-5-18(9-10)21(19,20)13-7-12(16)6-11(8-15)14(13)17/h6-7,10H,2-5,8-9H2,1H3. The van der Waals surface area contributed by atoms with Crippen molar-refractivity contribution >= 4 is 44.8 Å². The maximum Gasteiger partial charge on any atom is 0.244 e.